The van der Waals surface area contributed by atoms with Crippen molar-refractivity contribution < 1.29 is 9.59 Å². The second kappa shape index (κ2) is 8.14. The van der Waals surface area contributed by atoms with Crippen LogP contribution in [-0.2, 0) is 9.59 Å². The summed E-state index contributed by atoms with van der Waals surface area (Å²) in [7, 11) is 0. The van der Waals surface area contributed by atoms with Gasteiger partial charge in [0.1, 0.15) is 0 Å². The number of halogens is 4. The predicted molar refractivity (Wildman–Crippen MR) is 86.1 cm³/mol. The van der Waals surface area contributed by atoms with Gasteiger partial charge in [-0.3, -0.25) is 9.59 Å². The molecule has 0 spiro atoms. The normalized spacial score (nSPS) is 20.7. The average Bonchev–Trinajstić information content (AvgIpc) is 2.62. The number of hydrogen-bond donors (Lipinski definition) is 0. The fourth-order valence-corrected chi connectivity index (χ4v) is 3.00. The second-order valence-corrected chi connectivity index (χ2v) is 8.48. The third kappa shape index (κ3) is 4.99. The van der Waals surface area contributed by atoms with Crippen molar-refractivity contribution in [1.29, 1.82) is 0 Å². The summed E-state index contributed by atoms with van der Waals surface area (Å²) in [5.41, 5.74) is 0. The zero-order valence-electron chi connectivity index (χ0n) is 10.8. The molecule has 1 saturated heterocycles. The van der Waals surface area contributed by atoms with Crippen LogP contribution in [0.15, 0.2) is 12.2 Å². The molecule has 0 aliphatic carbocycles. The first kappa shape index (κ1) is 18.4. The first-order valence-electron chi connectivity index (χ1n) is 6.18. The summed E-state index contributed by atoms with van der Waals surface area (Å²) >= 11 is 23.6. The molecule has 8 heteroatoms. The maximum Gasteiger partial charge on any atom is 0.246 e. The molecule has 2 amide bonds. The summed E-state index contributed by atoms with van der Waals surface area (Å²) in [4.78, 5) is 22.8. The van der Waals surface area contributed by atoms with Gasteiger partial charge < -0.3 is 0 Å². The highest BCUT2D eigenvalue weighted by Gasteiger charge is 2.45. The largest absolute Gasteiger partial charge is 0.273 e. The van der Waals surface area contributed by atoms with E-state index in [1.165, 1.54) is 0 Å². The number of carbonyl (C=O) groups is 2. The van der Waals surface area contributed by atoms with Gasteiger partial charge in [0.15, 0.2) is 4.84 Å². The van der Waals surface area contributed by atoms with Gasteiger partial charge in [0.25, 0.3) is 0 Å². The second-order valence-electron chi connectivity index (χ2n) is 4.36. The number of nitrogens with zero attached hydrogens (tertiary/aromatic N) is 1. The average molecular weight is 379 g/mol. The van der Waals surface area contributed by atoms with Crippen LogP contribution in [0, 0.1) is 5.92 Å². The zero-order valence-corrected chi connectivity index (χ0v) is 14.7. The highest BCUT2D eigenvalue weighted by molar-refractivity contribution is 8.02. The number of rotatable bonds is 7. The highest BCUT2D eigenvalue weighted by Crippen LogP contribution is 2.46. The maximum atomic E-state index is 12.1. The van der Waals surface area contributed by atoms with Crippen LogP contribution in [0.25, 0.3) is 0 Å². The van der Waals surface area contributed by atoms with E-state index >= 15 is 0 Å². The number of allylic oxidation sites excluding steroid dienone is 1. The predicted octanol–water partition coefficient (Wildman–Crippen LogP) is 4.69. The van der Waals surface area contributed by atoms with Crippen molar-refractivity contribution in [2.45, 2.75) is 41.1 Å². The third-order valence-electron chi connectivity index (χ3n) is 2.70. The Morgan fingerprint density at radius 1 is 1.45 bits per heavy atom. The summed E-state index contributed by atoms with van der Waals surface area (Å²) in [6.07, 6.45) is 6.83. The van der Waals surface area contributed by atoms with Gasteiger partial charge in [-0.25, -0.2) is 4.31 Å². The lowest BCUT2D eigenvalue weighted by atomic mass is 10.1. The van der Waals surface area contributed by atoms with Gasteiger partial charge >= 0.3 is 0 Å². The Balaban J connectivity index is 2.65. The van der Waals surface area contributed by atoms with Crippen molar-refractivity contribution in [2.24, 2.45) is 5.92 Å². The fourth-order valence-electron chi connectivity index (χ4n) is 1.62. The molecule has 1 rings (SSSR count). The first-order chi connectivity index (χ1) is 9.29. The van der Waals surface area contributed by atoms with Crippen LogP contribution in [0.4, 0.5) is 0 Å². The molecule has 0 saturated carbocycles. The molecule has 3 nitrogen and oxygen atoms in total. The van der Waals surface area contributed by atoms with Crippen molar-refractivity contribution in [3.8, 4) is 0 Å². The third-order valence-corrected chi connectivity index (χ3v) is 5.95. The van der Waals surface area contributed by atoms with Crippen molar-refractivity contribution >= 4 is 70.2 Å². The monoisotopic (exact) mass is 377 g/mol. The molecular weight excluding hydrogens is 364 g/mol. The van der Waals surface area contributed by atoms with Crippen LogP contribution in [0.5, 0.6) is 0 Å². The van der Waals surface area contributed by atoms with E-state index in [1.807, 2.05) is 6.08 Å². The van der Waals surface area contributed by atoms with Gasteiger partial charge in [-0.1, -0.05) is 55.1 Å². The smallest absolute Gasteiger partial charge is 0.246 e. The molecule has 0 aromatic rings. The van der Waals surface area contributed by atoms with Crippen LogP contribution >= 0.6 is 58.4 Å². The Hall–Kier alpha value is 0.390. The molecule has 20 heavy (non-hydrogen) atoms. The van der Waals surface area contributed by atoms with Crippen molar-refractivity contribution in [3.63, 3.8) is 0 Å². The van der Waals surface area contributed by atoms with E-state index in [-0.39, 0.29) is 18.2 Å². The van der Waals surface area contributed by atoms with Crippen LogP contribution in [-0.4, -0.2) is 24.6 Å². The van der Waals surface area contributed by atoms with Gasteiger partial charge in [-0.05, 0) is 6.42 Å². The summed E-state index contributed by atoms with van der Waals surface area (Å²) in [6.45, 7) is 2.09. The molecule has 0 bridgehead atoms. The van der Waals surface area contributed by atoms with Crippen LogP contribution < -0.4 is 0 Å². The lowest BCUT2D eigenvalue weighted by Gasteiger charge is -2.24. The Morgan fingerprint density at radius 2 is 2.10 bits per heavy atom. The lowest BCUT2D eigenvalue weighted by molar-refractivity contribution is -0.132. The van der Waals surface area contributed by atoms with E-state index < -0.39 is 14.4 Å². The summed E-state index contributed by atoms with van der Waals surface area (Å²) in [5.74, 6) is -1.14. The van der Waals surface area contributed by atoms with Crippen LogP contribution in [0.3, 0.4) is 0 Å². The minimum atomic E-state index is -1.64. The van der Waals surface area contributed by atoms with Crippen LogP contribution in [0.2, 0.25) is 0 Å². The molecule has 0 N–H and O–H groups in total. The van der Waals surface area contributed by atoms with Gasteiger partial charge in [0.2, 0.25) is 15.5 Å². The van der Waals surface area contributed by atoms with Gasteiger partial charge in [0.05, 0.1) is 5.92 Å². The summed E-state index contributed by atoms with van der Waals surface area (Å²) in [5, 5.41) is 0. The van der Waals surface area contributed by atoms with Gasteiger partial charge in [-0.2, -0.15) is 0 Å². The van der Waals surface area contributed by atoms with E-state index in [9.17, 15) is 9.59 Å². The number of hydrogen-bond acceptors (Lipinski definition) is 3. The standard InChI is InChI=1S/C12H15Cl4NO2S/c1-2-3-4-5-6-8-7-9(18)17(10(8)19)20-12(15,16)11(13)14/h5-6,8,11H,2-4,7H2,1H3. The molecule has 1 heterocycles. The Bertz CT molecular complexity index is 401. The number of unbranched alkanes of at least 4 members (excludes halogenated alkanes) is 2. The molecule has 1 unspecified atom stereocenters. The first-order valence-corrected chi connectivity index (χ1v) is 8.58. The lowest BCUT2D eigenvalue weighted by Crippen LogP contribution is -2.31. The fraction of sp³-hybridized carbons (Fsp3) is 0.667. The number of imide groups is 1. The van der Waals surface area contributed by atoms with Crippen molar-refractivity contribution in [3.05, 3.63) is 12.2 Å². The Kier molecular flexibility index (Phi) is 7.50. The molecule has 1 aliphatic rings. The summed E-state index contributed by atoms with van der Waals surface area (Å²) < 4.78 is -0.693. The van der Waals surface area contributed by atoms with E-state index in [0.717, 1.165) is 23.6 Å². The number of carbonyl (C=O) groups excluding carboxylic acids is 2. The molecule has 1 aliphatic heterocycles. The maximum absolute atomic E-state index is 12.1. The number of alkyl halides is 4. The zero-order chi connectivity index (χ0) is 15.3. The molecule has 0 aromatic carbocycles. The Morgan fingerprint density at radius 3 is 2.65 bits per heavy atom. The molecule has 1 atom stereocenters. The van der Waals surface area contributed by atoms with Crippen molar-refractivity contribution in [2.75, 3.05) is 0 Å². The van der Waals surface area contributed by atoms with E-state index in [1.54, 1.807) is 6.08 Å². The topological polar surface area (TPSA) is 37.4 Å². The minimum Gasteiger partial charge on any atom is -0.273 e. The highest BCUT2D eigenvalue weighted by atomic mass is 35.5. The van der Waals surface area contributed by atoms with Gasteiger partial charge in [0, 0.05) is 18.4 Å². The SMILES string of the molecule is CCCCC=CC1CC(=O)N(SC(Cl)(Cl)C(Cl)Cl)C1=O. The number of amides is 2. The minimum absolute atomic E-state index is 0.119. The van der Waals surface area contributed by atoms with Crippen molar-refractivity contribution in [1.82, 2.24) is 4.31 Å². The van der Waals surface area contributed by atoms with Gasteiger partial charge in [-0.15, -0.1) is 23.2 Å². The van der Waals surface area contributed by atoms with E-state index in [0.29, 0.717) is 11.9 Å². The molecular formula is C12H15Cl4NO2S. The van der Waals surface area contributed by atoms with E-state index in [2.05, 4.69) is 6.92 Å². The molecule has 114 valence electrons. The van der Waals surface area contributed by atoms with E-state index in [4.69, 9.17) is 46.4 Å². The van der Waals surface area contributed by atoms with Crippen LogP contribution in [0.1, 0.15) is 32.6 Å². The summed E-state index contributed by atoms with van der Waals surface area (Å²) in [6, 6.07) is 0. The molecule has 1 fully saturated rings. The Labute approximate surface area is 143 Å². The molecule has 0 radical (unpaired) electrons. The molecule has 0 aromatic heterocycles. The quantitative estimate of drug-likeness (QED) is 0.212.